The molecule has 3 aromatic rings. The van der Waals surface area contributed by atoms with Crippen LogP contribution < -0.4 is 14.4 Å². The lowest BCUT2D eigenvalue weighted by atomic mass is 9.96. The smallest absolute Gasteiger partial charge is 0.264 e. The summed E-state index contributed by atoms with van der Waals surface area (Å²) in [5, 5.41) is 2.97. The average molecular weight is 481 g/mol. The van der Waals surface area contributed by atoms with E-state index in [1.165, 1.54) is 22.5 Å². The van der Waals surface area contributed by atoms with Gasteiger partial charge in [0.25, 0.3) is 15.9 Å². The first-order chi connectivity index (χ1) is 16.0. The van der Waals surface area contributed by atoms with E-state index in [9.17, 15) is 13.2 Å². The summed E-state index contributed by atoms with van der Waals surface area (Å²) in [6.07, 6.45) is 0. The standard InChI is InChI=1S/C27H32N2O4S/c1-18-7-13-25(14-8-18)34(31,32)29(6)23-9-11-24(12-10-23)33-17-27(30)28-22(5)26-16-20(3)19(2)15-21(26)4/h7-16,22H,17H2,1-6H3,(H,28,30). The third-order valence-corrected chi connectivity index (χ3v) is 7.78. The Morgan fingerprint density at radius 2 is 1.50 bits per heavy atom. The van der Waals surface area contributed by atoms with Gasteiger partial charge in [0, 0.05) is 7.05 Å². The van der Waals surface area contributed by atoms with Crippen LogP contribution in [0.4, 0.5) is 5.69 Å². The molecular formula is C27H32N2O4S. The van der Waals surface area contributed by atoms with Crippen molar-refractivity contribution in [2.24, 2.45) is 0 Å². The van der Waals surface area contributed by atoms with Gasteiger partial charge < -0.3 is 10.1 Å². The van der Waals surface area contributed by atoms with Crippen LogP contribution in [0.25, 0.3) is 0 Å². The summed E-state index contributed by atoms with van der Waals surface area (Å²) in [4.78, 5) is 12.7. The molecule has 3 aromatic carbocycles. The fourth-order valence-electron chi connectivity index (χ4n) is 3.72. The topological polar surface area (TPSA) is 75.7 Å². The minimum absolute atomic E-state index is 0.134. The van der Waals surface area contributed by atoms with Gasteiger partial charge in [-0.25, -0.2) is 8.42 Å². The third kappa shape index (κ3) is 5.78. The minimum atomic E-state index is -3.67. The molecule has 0 aliphatic rings. The Kier molecular flexibility index (Phi) is 7.67. The second kappa shape index (κ2) is 10.3. The number of hydrogen-bond donors (Lipinski definition) is 1. The number of nitrogens with one attached hydrogen (secondary N) is 1. The van der Waals surface area contributed by atoms with Crippen molar-refractivity contribution in [2.45, 2.75) is 45.6 Å². The molecule has 0 saturated heterocycles. The van der Waals surface area contributed by atoms with Gasteiger partial charge in [-0.1, -0.05) is 29.8 Å². The first kappa shape index (κ1) is 25.3. The summed E-state index contributed by atoms with van der Waals surface area (Å²) in [5.41, 5.74) is 6.12. The van der Waals surface area contributed by atoms with Crippen LogP contribution in [-0.4, -0.2) is 28.0 Å². The Labute approximate surface area is 202 Å². The van der Waals surface area contributed by atoms with Gasteiger partial charge in [0.15, 0.2) is 6.61 Å². The van der Waals surface area contributed by atoms with E-state index in [1.54, 1.807) is 48.5 Å². The molecule has 0 aromatic heterocycles. The molecular weight excluding hydrogens is 448 g/mol. The van der Waals surface area contributed by atoms with Crippen LogP contribution in [0.1, 0.15) is 40.8 Å². The van der Waals surface area contributed by atoms with Crippen molar-refractivity contribution in [2.75, 3.05) is 18.0 Å². The highest BCUT2D eigenvalue weighted by atomic mass is 32.2. The number of anilines is 1. The zero-order valence-corrected chi connectivity index (χ0v) is 21.4. The predicted octanol–water partition coefficient (Wildman–Crippen LogP) is 5.00. The first-order valence-electron chi connectivity index (χ1n) is 11.1. The second-order valence-corrected chi connectivity index (χ2v) is 10.6. The monoisotopic (exact) mass is 480 g/mol. The summed E-state index contributed by atoms with van der Waals surface area (Å²) in [6, 6.07) is 17.4. The summed E-state index contributed by atoms with van der Waals surface area (Å²) >= 11 is 0. The number of benzene rings is 3. The van der Waals surface area contributed by atoms with Gasteiger partial charge in [-0.3, -0.25) is 9.10 Å². The van der Waals surface area contributed by atoms with Gasteiger partial charge in [0.1, 0.15) is 5.75 Å². The molecule has 0 heterocycles. The van der Waals surface area contributed by atoms with Crippen molar-refractivity contribution >= 4 is 21.6 Å². The van der Waals surface area contributed by atoms with Crippen LogP contribution in [0.3, 0.4) is 0 Å². The molecule has 7 heteroatoms. The summed E-state index contributed by atoms with van der Waals surface area (Å²) in [5.74, 6) is 0.253. The van der Waals surface area contributed by atoms with E-state index in [-0.39, 0.29) is 23.5 Å². The van der Waals surface area contributed by atoms with Gasteiger partial charge in [-0.2, -0.15) is 0 Å². The highest BCUT2D eigenvalue weighted by molar-refractivity contribution is 7.92. The lowest BCUT2D eigenvalue weighted by Crippen LogP contribution is -2.31. The molecule has 3 rings (SSSR count). The van der Waals surface area contributed by atoms with Crippen LogP contribution in [-0.2, 0) is 14.8 Å². The molecule has 0 fully saturated rings. The van der Waals surface area contributed by atoms with Crippen molar-refractivity contribution < 1.29 is 17.9 Å². The number of carbonyl (C=O) groups excluding carboxylic acids is 1. The van der Waals surface area contributed by atoms with E-state index in [0.29, 0.717) is 11.4 Å². The van der Waals surface area contributed by atoms with Gasteiger partial charge in [0.05, 0.1) is 16.6 Å². The summed E-state index contributed by atoms with van der Waals surface area (Å²) in [6.45, 7) is 9.90. The predicted molar refractivity (Wildman–Crippen MR) is 136 cm³/mol. The maximum atomic E-state index is 12.9. The van der Waals surface area contributed by atoms with E-state index in [2.05, 4.69) is 31.3 Å². The number of carbonyl (C=O) groups is 1. The van der Waals surface area contributed by atoms with Crippen molar-refractivity contribution in [3.05, 3.63) is 88.5 Å². The van der Waals surface area contributed by atoms with Gasteiger partial charge in [-0.05, 0) is 93.3 Å². The highest BCUT2D eigenvalue weighted by Crippen LogP contribution is 2.25. The van der Waals surface area contributed by atoms with Gasteiger partial charge in [0.2, 0.25) is 0 Å². The number of amides is 1. The van der Waals surface area contributed by atoms with Gasteiger partial charge >= 0.3 is 0 Å². The Morgan fingerprint density at radius 1 is 0.912 bits per heavy atom. The third-order valence-electron chi connectivity index (χ3n) is 5.98. The van der Waals surface area contributed by atoms with Crippen LogP contribution in [0.5, 0.6) is 5.75 Å². The fraction of sp³-hybridized carbons (Fsp3) is 0.296. The van der Waals surface area contributed by atoms with Crippen molar-refractivity contribution in [3.8, 4) is 5.75 Å². The summed E-state index contributed by atoms with van der Waals surface area (Å²) in [7, 11) is -2.16. The summed E-state index contributed by atoms with van der Waals surface area (Å²) < 4.78 is 32.6. The molecule has 0 aliphatic carbocycles. The lowest BCUT2D eigenvalue weighted by molar-refractivity contribution is -0.123. The number of rotatable bonds is 8. The van der Waals surface area contributed by atoms with E-state index in [1.807, 2.05) is 20.8 Å². The molecule has 0 radical (unpaired) electrons. The fourth-order valence-corrected chi connectivity index (χ4v) is 4.91. The van der Waals surface area contributed by atoms with E-state index >= 15 is 0 Å². The maximum absolute atomic E-state index is 12.9. The van der Waals surface area contributed by atoms with Crippen molar-refractivity contribution in [1.82, 2.24) is 5.32 Å². The minimum Gasteiger partial charge on any atom is -0.484 e. The van der Waals surface area contributed by atoms with E-state index in [4.69, 9.17) is 4.74 Å². The quantitative estimate of drug-likeness (QED) is 0.492. The number of sulfonamides is 1. The second-order valence-electron chi connectivity index (χ2n) is 8.65. The highest BCUT2D eigenvalue weighted by Gasteiger charge is 2.21. The van der Waals surface area contributed by atoms with Crippen LogP contribution >= 0.6 is 0 Å². The van der Waals surface area contributed by atoms with Crippen LogP contribution in [0.2, 0.25) is 0 Å². The van der Waals surface area contributed by atoms with Crippen LogP contribution in [0.15, 0.2) is 65.6 Å². The van der Waals surface area contributed by atoms with Gasteiger partial charge in [-0.15, -0.1) is 0 Å². The molecule has 1 N–H and O–H groups in total. The molecule has 1 atom stereocenters. The zero-order valence-electron chi connectivity index (χ0n) is 20.5. The molecule has 1 amide bonds. The van der Waals surface area contributed by atoms with Crippen LogP contribution in [0, 0.1) is 27.7 Å². The van der Waals surface area contributed by atoms with E-state index in [0.717, 1.165) is 16.7 Å². The Morgan fingerprint density at radius 3 is 2.12 bits per heavy atom. The van der Waals surface area contributed by atoms with Crippen molar-refractivity contribution in [3.63, 3.8) is 0 Å². The molecule has 0 aliphatic heterocycles. The van der Waals surface area contributed by atoms with E-state index < -0.39 is 10.0 Å². The molecule has 0 bridgehead atoms. The largest absolute Gasteiger partial charge is 0.484 e. The average Bonchev–Trinajstić information content (AvgIpc) is 2.80. The number of hydrogen-bond acceptors (Lipinski definition) is 4. The number of aryl methyl sites for hydroxylation is 4. The molecule has 1 unspecified atom stereocenters. The Hall–Kier alpha value is -3.32. The first-order valence-corrected chi connectivity index (χ1v) is 12.6. The molecule has 0 spiro atoms. The maximum Gasteiger partial charge on any atom is 0.264 e. The molecule has 0 saturated carbocycles. The normalized spacial score (nSPS) is 12.2. The van der Waals surface area contributed by atoms with Crippen molar-refractivity contribution in [1.29, 1.82) is 0 Å². The molecule has 6 nitrogen and oxygen atoms in total. The molecule has 34 heavy (non-hydrogen) atoms. The Bertz CT molecular complexity index is 1270. The SMILES string of the molecule is Cc1ccc(S(=O)(=O)N(C)c2ccc(OCC(=O)NC(C)c3cc(C)c(C)cc3C)cc2)cc1. The number of nitrogens with zero attached hydrogens (tertiary/aromatic N) is 1. The zero-order chi connectivity index (χ0) is 25.0. The Balaban J connectivity index is 1.60. The lowest BCUT2D eigenvalue weighted by Gasteiger charge is -2.20. The number of ether oxygens (including phenoxy) is 1. The molecule has 180 valence electrons.